The number of aromatic nitrogens is 1. The van der Waals surface area contributed by atoms with Crippen molar-refractivity contribution in [1.82, 2.24) is 14.4 Å². The van der Waals surface area contributed by atoms with Crippen LogP contribution in [0, 0.1) is 19.8 Å². The fourth-order valence-corrected chi connectivity index (χ4v) is 4.95. The van der Waals surface area contributed by atoms with Crippen LogP contribution in [0.15, 0.2) is 91.1 Å². The van der Waals surface area contributed by atoms with E-state index in [1.54, 1.807) is 12.0 Å². The Hall–Kier alpha value is -4.52. The molecule has 4 rings (SSSR count). The molecule has 1 heterocycles. The minimum atomic E-state index is -0.271. The standard InChI is InChI=1S/C35H42N4O3/c1-26(2)21-39(35(41)36-33-18-9-12-27(3)28(33)4)25-34(40)38(22-29-13-7-6-8-14-29)24-31-16-11-19-37(31)23-30-15-10-17-32(20-30)42-5/h6-20,26H,21-25H2,1-5H3,(H,36,41). The highest BCUT2D eigenvalue weighted by Crippen LogP contribution is 2.20. The Morgan fingerprint density at radius 3 is 2.33 bits per heavy atom. The molecular formula is C35H42N4O3. The number of hydrogen-bond acceptors (Lipinski definition) is 3. The first-order valence-corrected chi connectivity index (χ1v) is 14.4. The molecule has 0 saturated heterocycles. The predicted octanol–water partition coefficient (Wildman–Crippen LogP) is 6.88. The van der Waals surface area contributed by atoms with Gasteiger partial charge in [-0.15, -0.1) is 0 Å². The number of nitrogens with one attached hydrogen (secondary N) is 1. The van der Waals surface area contributed by atoms with Crippen molar-refractivity contribution < 1.29 is 14.3 Å². The molecule has 3 amide bonds. The smallest absolute Gasteiger partial charge is 0.322 e. The average molecular weight is 567 g/mol. The molecule has 0 aliphatic heterocycles. The summed E-state index contributed by atoms with van der Waals surface area (Å²) >= 11 is 0. The molecule has 220 valence electrons. The Kier molecular flexibility index (Phi) is 10.4. The molecule has 0 bridgehead atoms. The molecule has 4 aromatic rings. The largest absolute Gasteiger partial charge is 0.497 e. The Morgan fingerprint density at radius 2 is 1.60 bits per heavy atom. The van der Waals surface area contributed by atoms with E-state index in [9.17, 15) is 9.59 Å². The maximum absolute atomic E-state index is 14.0. The zero-order chi connectivity index (χ0) is 30.1. The summed E-state index contributed by atoms with van der Waals surface area (Å²) in [6.45, 7) is 10.1. The number of carbonyl (C=O) groups is 2. The Labute approximate surface area is 249 Å². The van der Waals surface area contributed by atoms with Crippen LogP contribution in [0.1, 0.15) is 41.8 Å². The summed E-state index contributed by atoms with van der Waals surface area (Å²) in [6.07, 6.45) is 2.03. The van der Waals surface area contributed by atoms with Gasteiger partial charge in [0.1, 0.15) is 12.3 Å². The van der Waals surface area contributed by atoms with Crippen LogP contribution in [0.25, 0.3) is 0 Å². The molecular weight excluding hydrogens is 524 g/mol. The van der Waals surface area contributed by atoms with Gasteiger partial charge in [-0.2, -0.15) is 0 Å². The average Bonchev–Trinajstić information content (AvgIpc) is 3.41. The molecule has 3 aromatic carbocycles. The van der Waals surface area contributed by atoms with E-state index in [1.807, 2.05) is 104 Å². The number of rotatable bonds is 12. The van der Waals surface area contributed by atoms with Gasteiger partial charge in [0, 0.05) is 37.2 Å². The van der Waals surface area contributed by atoms with Crippen molar-refractivity contribution in [2.75, 3.05) is 25.5 Å². The zero-order valence-electron chi connectivity index (χ0n) is 25.3. The van der Waals surface area contributed by atoms with Crippen LogP contribution in [0.4, 0.5) is 10.5 Å². The third-order valence-corrected chi connectivity index (χ3v) is 7.38. The quantitative estimate of drug-likeness (QED) is 0.203. The molecule has 7 nitrogen and oxygen atoms in total. The molecule has 7 heteroatoms. The number of ether oxygens (including phenoxy) is 1. The summed E-state index contributed by atoms with van der Waals surface area (Å²) in [4.78, 5) is 30.9. The van der Waals surface area contributed by atoms with Crippen LogP contribution < -0.4 is 10.1 Å². The van der Waals surface area contributed by atoms with Crippen LogP contribution in [0.5, 0.6) is 5.75 Å². The number of methoxy groups -OCH3 is 1. The number of urea groups is 1. The van der Waals surface area contributed by atoms with Gasteiger partial charge in [-0.3, -0.25) is 4.79 Å². The SMILES string of the molecule is COc1cccc(Cn2cccc2CN(Cc2ccccc2)C(=O)CN(CC(C)C)C(=O)Nc2cccc(C)c2C)c1. The zero-order valence-corrected chi connectivity index (χ0v) is 25.3. The number of aryl methyl sites for hydroxylation is 1. The number of hydrogen-bond donors (Lipinski definition) is 1. The normalized spacial score (nSPS) is 10.9. The van der Waals surface area contributed by atoms with Crippen LogP contribution in [-0.2, 0) is 24.4 Å². The minimum absolute atomic E-state index is 0.0156. The van der Waals surface area contributed by atoms with Gasteiger partial charge in [0.25, 0.3) is 0 Å². The Balaban J connectivity index is 1.55. The lowest BCUT2D eigenvalue weighted by Gasteiger charge is -2.29. The lowest BCUT2D eigenvalue weighted by molar-refractivity contribution is -0.133. The van der Waals surface area contributed by atoms with E-state index in [2.05, 4.69) is 29.8 Å². The number of benzene rings is 3. The summed E-state index contributed by atoms with van der Waals surface area (Å²) in [5.74, 6) is 0.904. The summed E-state index contributed by atoms with van der Waals surface area (Å²) < 4.78 is 7.55. The highest BCUT2D eigenvalue weighted by molar-refractivity contribution is 5.93. The van der Waals surface area contributed by atoms with E-state index in [-0.39, 0.29) is 24.4 Å². The van der Waals surface area contributed by atoms with Gasteiger partial charge in [-0.25, -0.2) is 4.79 Å². The van der Waals surface area contributed by atoms with Crippen molar-refractivity contribution in [3.8, 4) is 5.75 Å². The van der Waals surface area contributed by atoms with Gasteiger partial charge in [0.05, 0.1) is 13.7 Å². The molecule has 42 heavy (non-hydrogen) atoms. The fourth-order valence-electron chi connectivity index (χ4n) is 4.95. The first kappa shape index (κ1) is 30.4. The maximum Gasteiger partial charge on any atom is 0.322 e. The van der Waals surface area contributed by atoms with Gasteiger partial charge >= 0.3 is 6.03 Å². The number of anilines is 1. The van der Waals surface area contributed by atoms with Gasteiger partial charge < -0.3 is 24.4 Å². The molecule has 0 radical (unpaired) electrons. The van der Waals surface area contributed by atoms with E-state index in [0.29, 0.717) is 26.2 Å². The van der Waals surface area contributed by atoms with Crippen molar-refractivity contribution in [1.29, 1.82) is 0 Å². The summed E-state index contributed by atoms with van der Waals surface area (Å²) in [6, 6.07) is 27.6. The first-order chi connectivity index (χ1) is 20.2. The second kappa shape index (κ2) is 14.4. The molecule has 0 fully saturated rings. The maximum atomic E-state index is 14.0. The molecule has 0 spiro atoms. The Morgan fingerprint density at radius 1 is 0.857 bits per heavy atom. The van der Waals surface area contributed by atoms with Gasteiger partial charge in [0.15, 0.2) is 0 Å². The third kappa shape index (κ3) is 8.26. The second-order valence-electron chi connectivity index (χ2n) is 11.2. The Bertz CT molecular complexity index is 1480. The van der Waals surface area contributed by atoms with Crippen molar-refractivity contribution in [3.05, 3.63) is 119 Å². The van der Waals surface area contributed by atoms with Crippen LogP contribution >= 0.6 is 0 Å². The fraction of sp³-hybridized carbons (Fsp3) is 0.314. The molecule has 0 saturated carbocycles. The number of carbonyl (C=O) groups excluding carboxylic acids is 2. The van der Waals surface area contributed by atoms with E-state index >= 15 is 0 Å². The molecule has 0 aliphatic carbocycles. The van der Waals surface area contributed by atoms with Gasteiger partial charge in [-0.1, -0.05) is 68.4 Å². The van der Waals surface area contributed by atoms with Gasteiger partial charge in [0.2, 0.25) is 5.91 Å². The lowest BCUT2D eigenvalue weighted by atomic mass is 10.1. The first-order valence-electron chi connectivity index (χ1n) is 14.4. The van der Waals surface area contributed by atoms with Crippen molar-refractivity contribution in [2.45, 2.75) is 47.3 Å². The second-order valence-corrected chi connectivity index (χ2v) is 11.2. The molecule has 0 atom stereocenters. The van der Waals surface area contributed by atoms with Crippen molar-refractivity contribution >= 4 is 17.6 Å². The van der Waals surface area contributed by atoms with E-state index in [4.69, 9.17) is 4.74 Å². The van der Waals surface area contributed by atoms with E-state index in [1.165, 1.54) is 0 Å². The van der Waals surface area contributed by atoms with Crippen molar-refractivity contribution in [2.24, 2.45) is 5.92 Å². The van der Waals surface area contributed by atoms with Crippen molar-refractivity contribution in [3.63, 3.8) is 0 Å². The summed E-state index contributed by atoms with van der Waals surface area (Å²) in [7, 11) is 1.66. The number of nitrogens with zero attached hydrogens (tertiary/aromatic N) is 3. The summed E-state index contributed by atoms with van der Waals surface area (Å²) in [5, 5.41) is 3.04. The van der Waals surface area contributed by atoms with E-state index < -0.39 is 0 Å². The van der Waals surface area contributed by atoms with Crippen LogP contribution in [-0.4, -0.2) is 46.5 Å². The topological polar surface area (TPSA) is 66.8 Å². The molecule has 1 aromatic heterocycles. The summed E-state index contributed by atoms with van der Waals surface area (Å²) in [5.41, 5.74) is 6.04. The predicted molar refractivity (Wildman–Crippen MR) is 169 cm³/mol. The number of amides is 3. The minimum Gasteiger partial charge on any atom is -0.497 e. The molecule has 1 N–H and O–H groups in total. The van der Waals surface area contributed by atoms with E-state index in [0.717, 1.165) is 39.4 Å². The highest BCUT2D eigenvalue weighted by Gasteiger charge is 2.24. The monoisotopic (exact) mass is 566 g/mol. The van der Waals surface area contributed by atoms with Gasteiger partial charge in [-0.05, 0) is 72.4 Å². The van der Waals surface area contributed by atoms with Crippen LogP contribution in [0.3, 0.4) is 0 Å². The lowest BCUT2D eigenvalue weighted by Crippen LogP contribution is -2.45. The highest BCUT2D eigenvalue weighted by atomic mass is 16.5. The van der Waals surface area contributed by atoms with Crippen LogP contribution in [0.2, 0.25) is 0 Å². The third-order valence-electron chi connectivity index (χ3n) is 7.38. The molecule has 0 unspecified atom stereocenters. The molecule has 0 aliphatic rings.